The summed E-state index contributed by atoms with van der Waals surface area (Å²) in [6, 6.07) is 12.9. The Balaban J connectivity index is 1.73. The van der Waals surface area contributed by atoms with Gasteiger partial charge in [0.1, 0.15) is 6.61 Å². The molecule has 1 aromatic heterocycles. The molecule has 9 heteroatoms. The number of anilines is 1. The fourth-order valence-corrected chi connectivity index (χ4v) is 3.04. The van der Waals surface area contributed by atoms with Crippen molar-refractivity contribution in [3.05, 3.63) is 64.3 Å². The molecular weight excluding hydrogens is 417 g/mol. The molecule has 3 rings (SSSR count). The summed E-state index contributed by atoms with van der Waals surface area (Å²) in [5.41, 5.74) is 7.23. The van der Waals surface area contributed by atoms with E-state index in [0.717, 1.165) is 5.56 Å². The van der Waals surface area contributed by atoms with Gasteiger partial charge in [0.2, 0.25) is 0 Å². The molecule has 1 aliphatic heterocycles. The van der Waals surface area contributed by atoms with Crippen LogP contribution in [0.4, 0.5) is 10.5 Å². The number of aromatic nitrogens is 1. The van der Waals surface area contributed by atoms with Gasteiger partial charge in [-0.25, -0.2) is 9.78 Å². The molecule has 0 aliphatic carbocycles. The molecule has 164 valence electrons. The second kappa shape index (κ2) is 9.30. The number of nitrogens with two attached hydrogens (primary N) is 1. The summed E-state index contributed by atoms with van der Waals surface area (Å²) in [4.78, 5) is 16.5. The Labute approximate surface area is 188 Å². The molecule has 0 unspecified atom stereocenters. The summed E-state index contributed by atoms with van der Waals surface area (Å²) in [6.07, 6.45) is 1.22. The van der Waals surface area contributed by atoms with Gasteiger partial charge in [-0.15, -0.1) is 0 Å². The quantitative estimate of drug-likeness (QED) is 0.511. The van der Waals surface area contributed by atoms with Gasteiger partial charge in [0.15, 0.2) is 5.15 Å². The summed E-state index contributed by atoms with van der Waals surface area (Å²) in [5.74, 6) is 0. The largest absolute Gasteiger partial charge is 0.492 e. The van der Waals surface area contributed by atoms with E-state index in [9.17, 15) is 4.79 Å². The van der Waals surface area contributed by atoms with Gasteiger partial charge in [-0.1, -0.05) is 41.9 Å². The molecule has 0 atom stereocenters. The highest BCUT2D eigenvalue weighted by atomic mass is 35.5. The molecule has 1 saturated heterocycles. The van der Waals surface area contributed by atoms with Gasteiger partial charge in [-0.05, 0) is 56.9 Å². The smallest absolute Gasteiger partial charge is 0.445 e. The van der Waals surface area contributed by atoms with Crippen molar-refractivity contribution in [2.75, 3.05) is 12.3 Å². The van der Waals surface area contributed by atoms with Crippen LogP contribution in [0, 0.1) is 0 Å². The van der Waals surface area contributed by atoms with Gasteiger partial charge in [0.25, 0.3) is 0 Å². The van der Waals surface area contributed by atoms with Gasteiger partial charge in [0, 0.05) is 6.54 Å². The maximum atomic E-state index is 12.2. The second-order valence-electron chi connectivity index (χ2n) is 8.34. The minimum atomic E-state index is -0.669. The van der Waals surface area contributed by atoms with Crippen LogP contribution in [-0.2, 0) is 20.7 Å². The molecule has 1 aromatic carbocycles. The van der Waals surface area contributed by atoms with Crippen LogP contribution in [0.2, 0.25) is 5.15 Å². The number of alkyl carbamates (subject to hydrolysis) is 1. The topological polar surface area (TPSA) is 95.7 Å². The van der Waals surface area contributed by atoms with Gasteiger partial charge in [-0.3, -0.25) is 0 Å². The maximum Gasteiger partial charge on any atom is 0.492 e. The Kier molecular flexibility index (Phi) is 6.94. The molecule has 0 bridgehead atoms. The van der Waals surface area contributed by atoms with E-state index in [1.807, 2.05) is 58.0 Å². The number of nitrogens with zero attached hydrogens (tertiary/aromatic N) is 1. The molecule has 3 N–H and O–H groups in total. The highest BCUT2D eigenvalue weighted by Crippen LogP contribution is 2.38. The van der Waals surface area contributed by atoms with Crippen LogP contribution < -0.4 is 11.1 Å². The van der Waals surface area contributed by atoms with Crippen LogP contribution in [0.15, 0.2) is 47.9 Å². The van der Waals surface area contributed by atoms with E-state index >= 15 is 0 Å². The van der Waals surface area contributed by atoms with Crippen molar-refractivity contribution in [1.82, 2.24) is 10.3 Å². The first kappa shape index (κ1) is 23.1. The van der Waals surface area contributed by atoms with E-state index < -0.39 is 24.4 Å². The zero-order valence-corrected chi connectivity index (χ0v) is 18.9. The van der Waals surface area contributed by atoms with Crippen LogP contribution in [0.1, 0.15) is 39.0 Å². The SMILES string of the molecule is CC1(C)OB(C(=Cc2ccc(N)c(Cl)n2)CNC(=O)OCc2ccccc2)OC1(C)C. The number of hydrogen-bond donors (Lipinski definition) is 2. The zero-order valence-electron chi connectivity index (χ0n) is 18.1. The third-order valence-corrected chi connectivity index (χ3v) is 5.74. The number of nitrogen functional groups attached to an aromatic ring is 1. The van der Waals surface area contributed by atoms with Crippen molar-refractivity contribution in [3.8, 4) is 0 Å². The summed E-state index contributed by atoms with van der Waals surface area (Å²) in [6.45, 7) is 8.18. The van der Waals surface area contributed by atoms with Crippen LogP contribution in [0.25, 0.3) is 6.08 Å². The molecule has 0 saturated carbocycles. The standard InChI is InChI=1S/C22H27BClN3O4/c1-21(2)22(3,4)31-23(30-21)16(12-17-10-11-18(25)19(24)27-17)13-26-20(28)29-14-15-8-6-5-7-9-15/h5-12H,13-14,25H2,1-4H3,(H,26,28). The van der Waals surface area contributed by atoms with Gasteiger partial charge >= 0.3 is 13.2 Å². The minimum Gasteiger partial charge on any atom is -0.445 e. The molecule has 31 heavy (non-hydrogen) atoms. The van der Waals surface area contributed by atoms with Crippen molar-refractivity contribution in [2.24, 2.45) is 0 Å². The lowest BCUT2D eigenvalue weighted by Gasteiger charge is -2.32. The number of carbonyl (C=O) groups excluding carboxylic acids is 1. The first-order valence-electron chi connectivity index (χ1n) is 10.00. The van der Waals surface area contributed by atoms with Crippen LogP contribution in [0.3, 0.4) is 0 Å². The molecule has 7 nitrogen and oxygen atoms in total. The van der Waals surface area contributed by atoms with Crippen molar-refractivity contribution >= 4 is 36.6 Å². The lowest BCUT2D eigenvalue weighted by Crippen LogP contribution is -2.41. The van der Waals surface area contributed by atoms with E-state index in [0.29, 0.717) is 16.9 Å². The van der Waals surface area contributed by atoms with E-state index in [1.165, 1.54) is 0 Å². The monoisotopic (exact) mass is 443 g/mol. The first-order valence-corrected chi connectivity index (χ1v) is 10.4. The van der Waals surface area contributed by atoms with Crippen LogP contribution in [-0.4, -0.2) is 35.9 Å². The molecule has 0 radical (unpaired) electrons. The van der Waals surface area contributed by atoms with Gasteiger partial charge < -0.3 is 25.1 Å². The molecule has 1 fully saturated rings. The van der Waals surface area contributed by atoms with Crippen LogP contribution in [0.5, 0.6) is 0 Å². The molecule has 1 aliphatic rings. The average molecular weight is 444 g/mol. The lowest BCUT2D eigenvalue weighted by atomic mass is 9.77. The Bertz CT molecular complexity index is 950. The number of ether oxygens (including phenoxy) is 1. The first-order chi connectivity index (χ1) is 14.6. The van der Waals surface area contributed by atoms with Gasteiger partial charge in [0.05, 0.1) is 22.6 Å². The predicted molar refractivity (Wildman–Crippen MR) is 122 cm³/mol. The van der Waals surface area contributed by atoms with E-state index in [4.69, 9.17) is 31.4 Å². The molecule has 2 heterocycles. The van der Waals surface area contributed by atoms with Crippen molar-refractivity contribution in [2.45, 2.75) is 45.5 Å². The molecule has 0 spiro atoms. The number of benzene rings is 1. The number of nitrogens with one attached hydrogen (secondary N) is 1. The summed E-state index contributed by atoms with van der Waals surface area (Å²) in [7, 11) is -0.669. The zero-order chi connectivity index (χ0) is 22.6. The summed E-state index contributed by atoms with van der Waals surface area (Å²) < 4.78 is 17.6. The fraction of sp³-hybridized carbons (Fsp3) is 0.364. The van der Waals surface area contributed by atoms with E-state index in [-0.39, 0.29) is 18.3 Å². The number of hydrogen-bond acceptors (Lipinski definition) is 6. The second-order valence-corrected chi connectivity index (χ2v) is 8.70. The van der Waals surface area contributed by atoms with Crippen molar-refractivity contribution < 1.29 is 18.8 Å². The minimum absolute atomic E-state index is 0.147. The number of pyridine rings is 1. The van der Waals surface area contributed by atoms with Crippen LogP contribution >= 0.6 is 11.6 Å². The molecular formula is C22H27BClN3O4. The Morgan fingerprint density at radius 2 is 1.81 bits per heavy atom. The van der Waals surface area contributed by atoms with Gasteiger partial charge in [-0.2, -0.15) is 0 Å². The van der Waals surface area contributed by atoms with Crippen molar-refractivity contribution in [3.63, 3.8) is 0 Å². The number of amides is 1. The maximum absolute atomic E-state index is 12.2. The highest BCUT2D eigenvalue weighted by molar-refractivity contribution is 6.56. The number of rotatable bonds is 6. The average Bonchev–Trinajstić information content (AvgIpc) is 2.94. The Hall–Kier alpha value is -2.55. The normalized spacial score (nSPS) is 17.5. The van der Waals surface area contributed by atoms with Crippen molar-refractivity contribution in [1.29, 1.82) is 0 Å². The Morgan fingerprint density at radius 1 is 1.16 bits per heavy atom. The third-order valence-electron chi connectivity index (χ3n) is 5.44. The fourth-order valence-electron chi connectivity index (χ4n) is 2.87. The summed E-state index contributed by atoms with van der Waals surface area (Å²) >= 11 is 6.06. The number of carbonyl (C=O) groups is 1. The highest BCUT2D eigenvalue weighted by Gasteiger charge is 2.52. The number of halogens is 1. The lowest BCUT2D eigenvalue weighted by molar-refractivity contribution is 0.00578. The molecule has 2 aromatic rings. The van der Waals surface area contributed by atoms with E-state index in [2.05, 4.69) is 10.3 Å². The summed E-state index contributed by atoms with van der Waals surface area (Å²) in [5, 5.41) is 2.96. The predicted octanol–water partition coefficient (Wildman–Crippen LogP) is 4.26. The third kappa shape index (κ3) is 5.78. The molecule has 1 amide bonds. The van der Waals surface area contributed by atoms with E-state index in [1.54, 1.807) is 18.2 Å². The Morgan fingerprint density at radius 3 is 2.42 bits per heavy atom.